The van der Waals surface area contributed by atoms with Gasteiger partial charge in [0, 0.05) is 32.9 Å². The van der Waals surface area contributed by atoms with Crippen molar-refractivity contribution in [2.75, 3.05) is 13.6 Å². The summed E-state index contributed by atoms with van der Waals surface area (Å²) >= 11 is 6.69. The molecular formula is C18H18BrN3OS2. The summed E-state index contributed by atoms with van der Waals surface area (Å²) in [6, 6.07) is 11.8. The molecule has 0 bridgehead atoms. The minimum atomic E-state index is -0.210. The number of carbonyl (C=O) groups is 1. The van der Waals surface area contributed by atoms with Crippen molar-refractivity contribution < 1.29 is 4.79 Å². The predicted molar refractivity (Wildman–Crippen MR) is 107 cm³/mol. The van der Waals surface area contributed by atoms with E-state index < -0.39 is 0 Å². The van der Waals surface area contributed by atoms with Crippen molar-refractivity contribution in [1.82, 2.24) is 15.2 Å². The number of nitrogens with one attached hydrogen (secondary N) is 1. The molecule has 0 saturated heterocycles. The van der Waals surface area contributed by atoms with Crippen molar-refractivity contribution in [1.29, 1.82) is 0 Å². The van der Waals surface area contributed by atoms with Crippen molar-refractivity contribution in [2.45, 2.75) is 12.6 Å². The number of aromatic nitrogens is 1. The van der Waals surface area contributed by atoms with Crippen LogP contribution < -0.4 is 5.32 Å². The highest BCUT2D eigenvalue weighted by molar-refractivity contribution is 9.10. The van der Waals surface area contributed by atoms with Gasteiger partial charge in [-0.25, -0.2) is 4.98 Å². The van der Waals surface area contributed by atoms with Gasteiger partial charge in [0.05, 0.1) is 6.54 Å². The number of carbonyl (C=O) groups excluding carboxylic acids is 1. The molecule has 1 atom stereocenters. The maximum atomic E-state index is 12.5. The lowest BCUT2D eigenvalue weighted by molar-refractivity contribution is -0.122. The average molecular weight is 436 g/mol. The van der Waals surface area contributed by atoms with E-state index in [2.05, 4.69) is 37.7 Å². The van der Waals surface area contributed by atoms with Crippen molar-refractivity contribution >= 4 is 44.5 Å². The Labute approximate surface area is 163 Å². The molecule has 25 heavy (non-hydrogen) atoms. The standard InChI is InChI=1S/C18H18BrN3OS2/c1-22(10-15-9-14(19)12-25-15)11-16(23)21-17(18-20-7-8-24-18)13-5-3-2-4-6-13/h2-9,12,17H,10-11H2,1H3,(H,21,23). The third-order valence-electron chi connectivity index (χ3n) is 3.60. The van der Waals surface area contributed by atoms with E-state index in [-0.39, 0.29) is 11.9 Å². The zero-order chi connectivity index (χ0) is 17.6. The number of thiophene rings is 1. The molecule has 1 amide bonds. The fourth-order valence-corrected chi connectivity index (χ4v) is 4.76. The van der Waals surface area contributed by atoms with E-state index >= 15 is 0 Å². The molecule has 3 rings (SSSR count). The van der Waals surface area contributed by atoms with Gasteiger partial charge in [-0.1, -0.05) is 30.3 Å². The number of hydrogen-bond acceptors (Lipinski definition) is 5. The van der Waals surface area contributed by atoms with Crippen LogP contribution in [-0.2, 0) is 11.3 Å². The summed E-state index contributed by atoms with van der Waals surface area (Å²) in [4.78, 5) is 20.2. The van der Waals surface area contributed by atoms with Gasteiger partial charge in [-0.3, -0.25) is 9.69 Å². The smallest absolute Gasteiger partial charge is 0.235 e. The molecule has 0 aliphatic rings. The molecule has 1 aromatic carbocycles. The zero-order valence-corrected chi connectivity index (χ0v) is 16.9. The number of amides is 1. The van der Waals surface area contributed by atoms with Crippen LogP contribution >= 0.6 is 38.6 Å². The summed E-state index contributed by atoms with van der Waals surface area (Å²) in [7, 11) is 1.95. The molecular weight excluding hydrogens is 418 g/mol. The quantitative estimate of drug-likeness (QED) is 0.601. The van der Waals surface area contributed by atoms with E-state index in [0.29, 0.717) is 6.54 Å². The number of nitrogens with zero attached hydrogens (tertiary/aromatic N) is 2. The van der Waals surface area contributed by atoms with Gasteiger partial charge in [-0.15, -0.1) is 22.7 Å². The van der Waals surface area contributed by atoms with Crippen LogP contribution in [0.2, 0.25) is 0 Å². The molecule has 1 unspecified atom stereocenters. The third-order valence-corrected chi connectivity index (χ3v) is 6.12. The number of rotatable bonds is 7. The first-order valence-electron chi connectivity index (χ1n) is 7.77. The highest BCUT2D eigenvalue weighted by Gasteiger charge is 2.19. The topological polar surface area (TPSA) is 45.2 Å². The third kappa shape index (κ3) is 5.22. The lowest BCUT2D eigenvalue weighted by Gasteiger charge is -2.20. The maximum Gasteiger partial charge on any atom is 0.235 e. The summed E-state index contributed by atoms with van der Waals surface area (Å²) in [5.74, 6) is -0.0119. The zero-order valence-electron chi connectivity index (χ0n) is 13.7. The van der Waals surface area contributed by atoms with Crippen LogP contribution in [0.15, 0.2) is 57.8 Å². The fourth-order valence-electron chi connectivity index (χ4n) is 2.52. The van der Waals surface area contributed by atoms with Crippen molar-refractivity contribution in [2.24, 2.45) is 0 Å². The SMILES string of the molecule is CN(CC(=O)NC(c1ccccc1)c1nccs1)Cc1cc(Br)cs1. The molecule has 0 fully saturated rings. The van der Waals surface area contributed by atoms with Crippen molar-refractivity contribution in [3.8, 4) is 0 Å². The summed E-state index contributed by atoms with van der Waals surface area (Å²) in [5.41, 5.74) is 1.04. The molecule has 0 radical (unpaired) electrons. The second-order valence-electron chi connectivity index (χ2n) is 5.69. The van der Waals surface area contributed by atoms with E-state index in [1.165, 1.54) is 4.88 Å². The molecule has 0 aliphatic carbocycles. The minimum absolute atomic E-state index is 0.0119. The summed E-state index contributed by atoms with van der Waals surface area (Å²) in [6.45, 7) is 1.08. The highest BCUT2D eigenvalue weighted by Crippen LogP contribution is 2.24. The van der Waals surface area contributed by atoms with Crippen LogP contribution in [0, 0.1) is 0 Å². The van der Waals surface area contributed by atoms with Crippen LogP contribution in [0.4, 0.5) is 0 Å². The van der Waals surface area contributed by atoms with Gasteiger partial charge in [-0.05, 0) is 34.6 Å². The lowest BCUT2D eigenvalue weighted by atomic mass is 10.1. The Hall–Kier alpha value is -1.54. The minimum Gasteiger partial charge on any atom is -0.342 e. The van der Waals surface area contributed by atoms with Crippen LogP contribution in [-0.4, -0.2) is 29.4 Å². The average Bonchev–Trinajstić information content (AvgIpc) is 3.25. The molecule has 0 aliphatic heterocycles. The molecule has 3 aromatic rings. The van der Waals surface area contributed by atoms with E-state index in [1.807, 2.05) is 47.7 Å². The van der Waals surface area contributed by atoms with Gasteiger partial charge >= 0.3 is 0 Å². The number of halogens is 1. The van der Waals surface area contributed by atoms with E-state index in [1.54, 1.807) is 28.9 Å². The highest BCUT2D eigenvalue weighted by atomic mass is 79.9. The molecule has 2 aromatic heterocycles. The van der Waals surface area contributed by atoms with Crippen molar-refractivity contribution in [3.05, 3.63) is 73.3 Å². The van der Waals surface area contributed by atoms with Crippen LogP contribution in [0.25, 0.3) is 0 Å². The number of benzene rings is 1. The van der Waals surface area contributed by atoms with Crippen LogP contribution in [0.1, 0.15) is 21.5 Å². The molecule has 0 saturated carbocycles. The fraction of sp³-hybridized carbons (Fsp3) is 0.222. The van der Waals surface area contributed by atoms with Gasteiger partial charge in [-0.2, -0.15) is 0 Å². The molecule has 1 N–H and O–H groups in total. The molecule has 0 spiro atoms. The number of hydrogen-bond donors (Lipinski definition) is 1. The Bertz CT molecular complexity index is 805. The summed E-state index contributed by atoms with van der Waals surface area (Å²) < 4.78 is 1.08. The first-order valence-corrected chi connectivity index (χ1v) is 10.3. The molecule has 2 heterocycles. The van der Waals surface area contributed by atoms with Gasteiger partial charge in [0.15, 0.2) is 0 Å². The van der Waals surface area contributed by atoms with Gasteiger partial charge in [0.2, 0.25) is 5.91 Å². The monoisotopic (exact) mass is 435 g/mol. The van der Waals surface area contributed by atoms with E-state index in [0.717, 1.165) is 21.6 Å². The summed E-state index contributed by atoms with van der Waals surface area (Å²) in [6.07, 6.45) is 1.77. The molecule has 7 heteroatoms. The molecule has 4 nitrogen and oxygen atoms in total. The molecule has 130 valence electrons. The maximum absolute atomic E-state index is 12.5. The van der Waals surface area contributed by atoms with Crippen LogP contribution in [0.5, 0.6) is 0 Å². The second-order valence-corrected chi connectivity index (χ2v) is 8.52. The van der Waals surface area contributed by atoms with E-state index in [4.69, 9.17) is 0 Å². The van der Waals surface area contributed by atoms with Crippen molar-refractivity contribution in [3.63, 3.8) is 0 Å². The summed E-state index contributed by atoms with van der Waals surface area (Å²) in [5, 5.41) is 7.99. The Morgan fingerprint density at radius 1 is 1.32 bits per heavy atom. The normalized spacial score (nSPS) is 12.3. The predicted octanol–water partition coefficient (Wildman–Crippen LogP) is 4.30. The Morgan fingerprint density at radius 2 is 2.12 bits per heavy atom. The first kappa shape index (κ1) is 18.3. The number of thiazole rings is 1. The van der Waals surface area contributed by atoms with Gasteiger partial charge in [0.25, 0.3) is 0 Å². The van der Waals surface area contributed by atoms with Crippen LogP contribution in [0.3, 0.4) is 0 Å². The Morgan fingerprint density at radius 3 is 2.76 bits per heavy atom. The largest absolute Gasteiger partial charge is 0.342 e. The van der Waals surface area contributed by atoms with Gasteiger partial charge in [0.1, 0.15) is 11.0 Å². The Balaban J connectivity index is 1.64. The lowest BCUT2D eigenvalue weighted by Crippen LogP contribution is -2.37. The van der Waals surface area contributed by atoms with Gasteiger partial charge < -0.3 is 5.32 Å². The first-order chi connectivity index (χ1) is 12.1. The Kier molecular flexibility index (Phi) is 6.36. The second kappa shape index (κ2) is 8.71. The van der Waals surface area contributed by atoms with E-state index in [9.17, 15) is 4.79 Å². The number of likely N-dealkylation sites (N-methyl/N-ethyl adjacent to an activating group) is 1.